The van der Waals surface area contributed by atoms with Gasteiger partial charge in [-0.25, -0.2) is 36.7 Å². The fraction of sp³-hybridized carbons (Fsp3) is 0.286. The van der Waals surface area contributed by atoms with Gasteiger partial charge in [0.1, 0.15) is 22.3 Å². The van der Waals surface area contributed by atoms with E-state index >= 15 is 0 Å². The lowest BCUT2D eigenvalue weighted by Gasteiger charge is -2.47. The average Bonchev–Trinajstić information content (AvgIpc) is 3.49. The van der Waals surface area contributed by atoms with Crippen molar-refractivity contribution < 1.29 is 60.1 Å². The van der Waals surface area contributed by atoms with Gasteiger partial charge in [0.05, 0.1) is 47.8 Å². The van der Waals surface area contributed by atoms with Gasteiger partial charge in [0.25, 0.3) is 5.78 Å². The maximum atomic E-state index is 13.8. The third kappa shape index (κ3) is 7.51. The van der Waals surface area contributed by atoms with E-state index in [0.717, 1.165) is 29.2 Å². The van der Waals surface area contributed by atoms with Crippen molar-refractivity contribution in [3.8, 4) is 0 Å². The zero-order valence-corrected chi connectivity index (χ0v) is 25.6. The number of amides is 1. The van der Waals surface area contributed by atoms with Crippen LogP contribution in [-0.4, -0.2) is 67.5 Å². The number of rotatable bonds is 9. The molecule has 2 aromatic carbocycles. The molecule has 1 aliphatic rings. The summed E-state index contributed by atoms with van der Waals surface area (Å²) in [5.74, 6) is -8.57. The molecule has 1 saturated heterocycles. The Bertz CT molecular complexity index is 1770. The Kier molecular flexibility index (Phi) is 10.1. The Labute approximate surface area is 265 Å². The number of hydrogen-bond acceptors (Lipinski definition) is 12. The number of furan rings is 1. The number of nitrogens with two attached hydrogens (primary N) is 1. The number of nitrogens with zero attached hydrogens (tertiary/aromatic N) is 1. The Hall–Kier alpha value is -4.42. The summed E-state index contributed by atoms with van der Waals surface area (Å²) in [6, 6.07) is 5.04. The van der Waals surface area contributed by atoms with Crippen LogP contribution in [0.4, 0.5) is 19.3 Å². The first-order valence-electron chi connectivity index (χ1n) is 13.2. The number of esters is 2. The van der Waals surface area contributed by atoms with Crippen LogP contribution in [0.3, 0.4) is 0 Å². The summed E-state index contributed by atoms with van der Waals surface area (Å²) < 4.78 is 71.8. The molecule has 0 radical (unpaired) electrons. The van der Waals surface area contributed by atoms with Crippen LogP contribution in [0.25, 0.3) is 0 Å². The molecule has 0 spiro atoms. The molecule has 4 N–H and O–H groups in total. The number of ether oxygens (including phenoxy) is 3. The molecule has 46 heavy (non-hydrogen) atoms. The van der Waals surface area contributed by atoms with Crippen molar-refractivity contribution in [3.63, 3.8) is 0 Å². The zero-order chi connectivity index (χ0) is 34.0. The van der Waals surface area contributed by atoms with Crippen molar-refractivity contribution in [3.05, 3.63) is 82.3 Å². The number of halogens is 3. The fourth-order valence-electron chi connectivity index (χ4n) is 4.58. The Morgan fingerprint density at radius 1 is 1.15 bits per heavy atom. The van der Waals surface area contributed by atoms with Crippen LogP contribution >= 0.6 is 11.6 Å². The number of nitrogens with one attached hydrogen (secondary N) is 1. The summed E-state index contributed by atoms with van der Waals surface area (Å²) in [6.45, 7) is 1.14. The highest BCUT2D eigenvalue weighted by Crippen LogP contribution is 2.36. The summed E-state index contributed by atoms with van der Waals surface area (Å²) in [5.41, 5.74) is -0.825. The molecule has 3 aromatic rings. The van der Waals surface area contributed by atoms with Crippen molar-refractivity contribution >= 4 is 51.1 Å². The van der Waals surface area contributed by atoms with Crippen molar-refractivity contribution in [2.45, 2.75) is 43.2 Å². The van der Waals surface area contributed by atoms with Crippen LogP contribution in [0.1, 0.15) is 35.5 Å². The second-order valence-electron chi connectivity index (χ2n) is 10.1. The normalized spacial score (nSPS) is 19.8. The molecule has 3 atom stereocenters. The van der Waals surface area contributed by atoms with E-state index in [0.29, 0.717) is 11.8 Å². The SMILES string of the molecule is C[C@@H]1CO[C@@](O)(c2cc(F)cc(F)c2)[C@H](C)N1C(=O)OC(=O)C(=O)COC(=O)c1cc(S(N)(=O)=O)c(Cl)cc1NCc1ccco1. The Balaban J connectivity index is 1.45. The van der Waals surface area contributed by atoms with E-state index in [1.807, 2.05) is 0 Å². The summed E-state index contributed by atoms with van der Waals surface area (Å²) >= 11 is 6.04. The number of anilines is 1. The Morgan fingerprint density at radius 3 is 2.43 bits per heavy atom. The third-order valence-corrected chi connectivity index (χ3v) is 8.24. The second-order valence-corrected chi connectivity index (χ2v) is 12.0. The summed E-state index contributed by atoms with van der Waals surface area (Å²) in [5, 5.41) is 18.8. The molecule has 18 heteroatoms. The Morgan fingerprint density at radius 2 is 1.83 bits per heavy atom. The van der Waals surface area contributed by atoms with E-state index < -0.39 is 80.4 Å². The molecule has 0 unspecified atom stereocenters. The molecular weight excluding hydrogens is 660 g/mol. The predicted octanol–water partition coefficient (Wildman–Crippen LogP) is 2.81. The van der Waals surface area contributed by atoms with Crippen molar-refractivity contribution in [1.82, 2.24) is 4.90 Å². The minimum atomic E-state index is -4.41. The van der Waals surface area contributed by atoms with Gasteiger partial charge in [-0.05, 0) is 50.2 Å². The predicted molar refractivity (Wildman–Crippen MR) is 153 cm³/mol. The minimum Gasteiger partial charge on any atom is -0.467 e. The number of aliphatic hydroxyl groups is 1. The van der Waals surface area contributed by atoms with Crippen LogP contribution < -0.4 is 10.5 Å². The van der Waals surface area contributed by atoms with Gasteiger partial charge in [0.2, 0.25) is 15.8 Å². The van der Waals surface area contributed by atoms with E-state index in [2.05, 4.69) is 10.1 Å². The molecule has 0 aliphatic carbocycles. The van der Waals surface area contributed by atoms with E-state index in [1.54, 1.807) is 12.1 Å². The lowest BCUT2D eigenvalue weighted by molar-refractivity contribution is -0.279. The number of Topliss-reactive ketones (excluding diaryl/α,β-unsaturated/α-hetero) is 1. The van der Waals surface area contributed by atoms with E-state index in [4.69, 9.17) is 30.6 Å². The number of benzene rings is 2. The van der Waals surface area contributed by atoms with Crippen molar-refractivity contribution in [2.24, 2.45) is 5.14 Å². The van der Waals surface area contributed by atoms with Gasteiger partial charge in [-0.3, -0.25) is 9.69 Å². The highest BCUT2D eigenvalue weighted by molar-refractivity contribution is 7.89. The minimum absolute atomic E-state index is 0.0212. The molecule has 2 heterocycles. The number of hydrogen-bond donors (Lipinski definition) is 3. The highest BCUT2D eigenvalue weighted by Gasteiger charge is 2.49. The second kappa shape index (κ2) is 13.5. The lowest BCUT2D eigenvalue weighted by atomic mass is 9.94. The van der Waals surface area contributed by atoms with E-state index in [-0.39, 0.29) is 29.4 Å². The zero-order valence-electron chi connectivity index (χ0n) is 24.0. The molecule has 1 aromatic heterocycles. The fourth-order valence-corrected chi connectivity index (χ4v) is 5.68. The number of sulfonamides is 1. The largest absolute Gasteiger partial charge is 0.467 e. The molecule has 14 nitrogen and oxygen atoms in total. The van der Waals surface area contributed by atoms with Gasteiger partial charge in [0, 0.05) is 11.6 Å². The standard InChI is InChI=1S/C28H26ClF2N3O11S/c1-14-12-44-28(39,16-6-17(30)8-18(31)7-16)15(2)34(14)27(38)45-26(37)23(35)13-43-25(36)20-9-24(46(32,40)41)21(29)10-22(20)33-11-19-4-3-5-42-19/h3-10,14-15,33,39H,11-13H2,1-2H3,(H2,32,40,41)/t14-,15+,28-/m1/s1. The monoisotopic (exact) mass is 685 g/mol. The molecule has 246 valence electrons. The summed E-state index contributed by atoms with van der Waals surface area (Å²) in [7, 11) is -4.41. The number of morpholine rings is 1. The van der Waals surface area contributed by atoms with E-state index in [1.165, 1.54) is 20.1 Å². The number of carbonyl (C=O) groups excluding carboxylic acids is 4. The van der Waals surface area contributed by atoms with Gasteiger partial charge in [-0.1, -0.05) is 11.6 Å². The maximum absolute atomic E-state index is 13.8. The molecule has 1 fully saturated rings. The first-order valence-corrected chi connectivity index (χ1v) is 15.1. The summed E-state index contributed by atoms with van der Waals surface area (Å²) in [4.78, 5) is 51.0. The van der Waals surface area contributed by atoms with Crippen molar-refractivity contribution in [2.75, 3.05) is 18.5 Å². The highest BCUT2D eigenvalue weighted by atomic mass is 35.5. The number of primary sulfonamides is 1. The van der Waals surface area contributed by atoms with Crippen LogP contribution in [0.5, 0.6) is 0 Å². The van der Waals surface area contributed by atoms with Gasteiger partial charge in [-0.2, -0.15) is 0 Å². The van der Waals surface area contributed by atoms with Gasteiger partial charge < -0.3 is 29.1 Å². The maximum Gasteiger partial charge on any atom is 0.418 e. The number of ketones is 1. The quantitative estimate of drug-likeness (QED) is 0.169. The van der Waals surface area contributed by atoms with Crippen LogP contribution in [0.2, 0.25) is 5.02 Å². The molecule has 1 aliphatic heterocycles. The van der Waals surface area contributed by atoms with Crippen LogP contribution in [0.15, 0.2) is 58.0 Å². The van der Waals surface area contributed by atoms with Crippen LogP contribution in [-0.2, 0) is 46.2 Å². The first-order chi connectivity index (χ1) is 21.5. The average molecular weight is 686 g/mol. The molecule has 0 bridgehead atoms. The number of carbonyl (C=O) groups is 4. The molecule has 1 amide bonds. The lowest BCUT2D eigenvalue weighted by Crippen LogP contribution is -2.62. The third-order valence-electron chi connectivity index (χ3n) is 6.86. The van der Waals surface area contributed by atoms with Gasteiger partial charge in [-0.15, -0.1) is 0 Å². The summed E-state index contributed by atoms with van der Waals surface area (Å²) in [6.07, 6.45) is -0.0201. The van der Waals surface area contributed by atoms with Gasteiger partial charge >= 0.3 is 18.0 Å². The smallest absolute Gasteiger partial charge is 0.418 e. The van der Waals surface area contributed by atoms with E-state index in [9.17, 15) is 41.5 Å². The van der Waals surface area contributed by atoms with Crippen LogP contribution in [0, 0.1) is 11.6 Å². The molecule has 0 saturated carbocycles. The first kappa shape index (κ1) is 34.5. The topological polar surface area (TPSA) is 205 Å². The molecular formula is C28H26ClF2N3O11S. The molecule has 4 rings (SSSR count). The van der Waals surface area contributed by atoms with Gasteiger partial charge in [0.15, 0.2) is 6.61 Å². The van der Waals surface area contributed by atoms with Crippen molar-refractivity contribution in [1.29, 1.82) is 0 Å².